The normalized spacial score (nSPS) is 10.7. The van der Waals surface area contributed by atoms with Crippen LogP contribution in [0.4, 0.5) is 27.5 Å². The minimum atomic E-state index is -0.897. The maximum absolute atomic E-state index is 12.4. The number of carbonyl (C=O) groups is 2. The summed E-state index contributed by atoms with van der Waals surface area (Å²) in [5.74, 6) is -0.897. The summed E-state index contributed by atoms with van der Waals surface area (Å²) < 4.78 is 0. The molecule has 0 atom stereocenters. The van der Waals surface area contributed by atoms with Gasteiger partial charge < -0.3 is 21.1 Å². The topological polar surface area (TPSA) is 103 Å². The third-order valence-corrected chi connectivity index (χ3v) is 5.57. The van der Waals surface area contributed by atoms with Crippen LogP contribution in [0.15, 0.2) is 97.1 Å². The molecule has 0 spiro atoms. The number of carboxylic acids is 1. The number of rotatable bonds is 6. The Bertz CT molecular complexity index is 1480. The Morgan fingerprint density at radius 3 is 1.69 bits per heavy atom. The molecule has 0 aliphatic rings. The maximum Gasteiger partial charge on any atom is 0.323 e. The zero-order valence-corrected chi connectivity index (χ0v) is 18.7. The first-order valence-electron chi connectivity index (χ1n) is 11.1. The third kappa shape index (κ3) is 5.04. The van der Waals surface area contributed by atoms with Gasteiger partial charge in [0, 0.05) is 27.8 Å². The van der Waals surface area contributed by atoms with E-state index in [0.717, 1.165) is 33.2 Å². The summed E-state index contributed by atoms with van der Waals surface area (Å²) in [4.78, 5) is 27.9. The Kier molecular flexibility index (Phi) is 5.96. The van der Waals surface area contributed by atoms with Crippen LogP contribution in [0, 0.1) is 0 Å². The molecule has 0 aliphatic carbocycles. The number of fused-ring (bicyclic) bond motifs is 2. The summed E-state index contributed by atoms with van der Waals surface area (Å²) in [7, 11) is 0. The standard InChI is InChI=1S/C28H22N4O3/c33-26(34)17-18-9-11-20(12-10-18)30-28(35)31-21-15-13-19(14-16-21)29-27-22-5-1-3-7-24(22)32-25-8-4-2-6-23(25)27/h1-16H,17H2,(H,29,32)(H,33,34)(H2,30,31,35). The highest BCUT2D eigenvalue weighted by Crippen LogP contribution is 2.33. The van der Waals surface area contributed by atoms with E-state index >= 15 is 0 Å². The first-order chi connectivity index (χ1) is 17.0. The number of carboxylic acid groups (broad SMARTS) is 1. The van der Waals surface area contributed by atoms with Crippen molar-refractivity contribution >= 4 is 56.6 Å². The van der Waals surface area contributed by atoms with Crippen LogP contribution in [0.25, 0.3) is 21.8 Å². The zero-order chi connectivity index (χ0) is 24.2. The van der Waals surface area contributed by atoms with E-state index in [2.05, 4.69) is 16.0 Å². The van der Waals surface area contributed by atoms with Crippen molar-refractivity contribution in [3.63, 3.8) is 0 Å². The fourth-order valence-corrected chi connectivity index (χ4v) is 3.93. The van der Waals surface area contributed by atoms with Gasteiger partial charge in [-0.2, -0.15) is 0 Å². The number of carbonyl (C=O) groups excluding carboxylic acids is 1. The first kappa shape index (κ1) is 21.9. The molecule has 4 N–H and O–H groups in total. The van der Waals surface area contributed by atoms with Crippen molar-refractivity contribution in [1.29, 1.82) is 0 Å². The molecule has 5 aromatic rings. The van der Waals surface area contributed by atoms with Crippen molar-refractivity contribution in [2.24, 2.45) is 0 Å². The van der Waals surface area contributed by atoms with Crippen molar-refractivity contribution in [2.75, 3.05) is 16.0 Å². The minimum absolute atomic E-state index is 0.0576. The van der Waals surface area contributed by atoms with Gasteiger partial charge in [-0.25, -0.2) is 9.78 Å². The van der Waals surface area contributed by atoms with Gasteiger partial charge >= 0.3 is 12.0 Å². The van der Waals surface area contributed by atoms with Crippen LogP contribution >= 0.6 is 0 Å². The number of nitrogens with one attached hydrogen (secondary N) is 3. The van der Waals surface area contributed by atoms with E-state index in [1.807, 2.05) is 72.8 Å². The van der Waals surface area contributed by atoms with Gasteiger partial charge in [0.25, 0.3) is 0 Å². The average molecular weight is 463 g/mol. The van der Waals surface area contributed by atoms with E-state index in [1.165, 1.54) is 0 Å². The summed E-state index contributed by atoms with van der Waals surface area (Å²) >= 11 is 0. The fourth-order valence-electron chi connectivity index (χ4n) is 3.93. The van der Waals surface area contributed by atoms with Gasteiger partial charge in [0.1, 0.15) is 0 Å². The van der Waals surface area contributed by atoms with Crippen LogP contribution < -0.4 is 16.0 Å². The van der Waals surface area contributed by atoms with Crippen molar-refractivity contribution in [3.05, 3.63) is 103 Å². The second-order valence-electron chi connectivity index (χ2n) is 8.07. The Morgan fingerprint density at radius 1 is 0.657 bits per heavy atom. The van der Waals surface area contributed by atoms with E-state index in [-0.39, 0.29) is 12.5 Å². The molecule has 0 radical (unpaired) electrons. The van der Waals surface area contributed by atoms with Crippen LogP contribution in [0.2, 0.25) is 0 Å². The monoisotopic (exact) mass is 462 g/mol. The molecule has 7 nitrogen and oxygen atoms in total. The summed E-state index contributed by atoms with van der Waals surface area (Å²) in [6.07, 6.45) is -0.0576. The summed E-state index contributed by atoms with van der Waals surface area (Å²) in [6.45, 7) is 0. The van der Waals surface area contributed by atoms with Crippen molar-refractivity contribution in [2.45, 2.75) is 6.42 Å². The SMILES string of the molecule is O=C(O)Cc1ccc(NC(=O)Nc2ccc(Nc3c4ccccc4nc4ccccc34)cc2)cc1. The molecule has 0 fully saturated rings. The predicted molar refractivity (Wildman–Crippen MR) is 139 cm³/mol. The summed E-state index contributed by atoms with van der Waals surface area (Å²) in [5.41, 5.74) is 5.58. The summed E-state index contributed by atoms with van der Waals surface area (Å²) in [6, 6.07) is 29.8. The van der Waals surface area contributed by atoms with Gasteiger partial charge in [-0.15, -0.1) is 0 Å². The van der Waals surface area contributed by atoms with Gasteiger partial charge in [0.05, 0.1) is 23.1 Å². The molecule has 7 heteroatoms. The number of aliphatic carboxylic acids is 1. The van der Waals surface area contributed by atoms with Crippen LogP contribution in [0.5, 0.6) is 0 Å². The van der Waals surface area contributed by atoms with Crippen LogP contribution in [0.1, 0.15) is 5.56 Å². The molecule has 1 heterocycles. The van der Waals surface area contributed by atoms with Crippen molar-refractivity contribution < 1.29 is 14.7 Å². The number of aromatic nitrogens is 1. The highest BCUT2D eigenvalue weighted by molar-refractivity contribution is 6.08. The van der Waals surface area contributed by atoms with Crippen molar-refractivity contribution in [3.8, 4) is 0 Å². The average Bonchev–Trinajstić information content (AvgIpc) is 2.86. The quantitative estimate of drug-likeness (QED) is 0.219. The first-order valence-corrected chi connectivity index (χ1v) is 11.1. The Balaban J connectivity index is 1.29. The number of hydrogen-bond donors (Lipinski definition) is 4. The fraction of sp³-hybridized carbons (Fsp3) is 0.0357. The molecular weight excluding hydrogens is 440 g/mol. The molecule has 4 aromatic carbocycles. The lowest BCUT2D eigenvalue weighted by Gasteiger charge is -2.14. The number of benzene rings is 4. The van der Waals surface area contributed by atoms with Gasteiger partial charge in [0.2, 0.25) is 0 Å². The highest BCUT2D eigenvalue weighted by atomic mass is 16.4. The van der Waals surface area contributed by atoms with Crippen LogP contribution in [-0.2, 0) is 11.2 Å². The molecule has 2 amide bonds. The number of nitrogens with zero attached hydrogens (tertiary/aromatic N) is 1. The molecule has 0 saturated carbocycles. The minimum Gasteiger partial charge on any atom is -0.481 e. The van der Waals surface area contributed by atoms with Gasteiger partial charge in [-0.05, 0) is 54.1 Å². The molecule has 172 valence electrons. The van der Waals surface area contributed by atoms with Gasteiger partial charge in [-0.3, -0.25) is 4.79 Å². The lowest BCUT2D eigenvalue weighted by atomic mass is 10.1. The van der Waals surface area contributed by atoms with E-state index in [4.69, 9.17) is 10.1 Å². The van der Waals surface area contributed by atoms with E-state index in [1.54, 1.807) is 24.3 Å². The summed E-state index contributed by atoms with van der Waals surface area (Å²) in [5, 5.41) is 20.0. The number of hydrogen-bond acceptors (Lipinski definition) is 4. The lowest BCUT2D eigenvalue weighted by Crippen LogP contribution is -2.19. The maximum atomic E-state index is 12.4. The number of para-hydroxylation sites is 2. The number of urea groups is 1. The number of amides is 2. The molecule has 0 aliphatic heterocycles. The number of pyridine rings is 1. The smallest absolute Gasteiger partial charge is 0.323 e. The lowest BCUT2D eigenvalue weighted by molar-refractivity contribution is -0.136. The Hall–Kier alpha value is -4.91. The molecule has 35 heavy (non-hydrogen) atoms. The van der Waals surface area contributed by atoms with E-state index < -0.39 is 5.97 Å². The molecule has 0 unspecified atom stereocenters. The molecule has 0 bridgehead atoms. The third-order valence-electron chi connectivity index (χ3n) is 5.57. The molecule has 5 rings (SSSR count). The van der Waals surface area contributed by atoms with E-state index in [9.17, 15) is 9.59 Å². The largest absolute Gasteiger partial charge is 0.481 e. The molecule has 1 aromatic heterocycles. The molecular formula is C28H22N4O3. The van der Waals surface area contributed by atoms with E-state index in [0.29, 0.717) is 16.9 Å². The second-order valence-corrected chi connectivity index (χ2v) is 8.07. The van der Waals surface area contributed by atoms with Crippen LogP contribution in [-0.4, -0.2) is 22.1 Å². The Labute approximate surface area is 201 Å². The van der Waals surface area contributed by atoms with Gasteiger partial charge in [0.15, 0.2) is 0 Å². The van der Waals surface area contributed by atoms with Crippen molar-refractivity contribution in [1.82, 2.24) is 4.98 Å². The number of anilines is 4. The predicted octanol–water partition coefficient (Wildman–Crippen LogP) is 6.40. The van der Waals surface area contributed by atoms with Crippen LogP contribution in [0.3, 0.4) is 0 Å². The van der Waals surface area contributed by atoms with Gasteiger partial charge in [-0.1, -0.05) is 48.5 Å². The molecule has 0 saturated heterocycles. The Morgan fingerprint density at radius 2 is 1.14 bits per heavy atom. The highest BCUT2D eigenvalue weighted by Gasteiger charge is 2.10. The zero-order valence-electron chi connectivity index (χ0n) is 18.7. The second kappa shape index (κ2) is 9.52.